The van der Waals surface area contributed by atoms with E-state index in [2.05, 4.69) is 13.8 Å². The second kappa shape index (κ2) is 5.38. The van der Waals surface area contributed by atoms with E-state index >= 15 is 0 Å². The standard InChI is InChI=1S/C14H26O3/c1-5-13(4,10-15)12(16)17-14(11(2)3)8-6-7-9-14/h11,15H,5-10H2,1-4H3. The maximum Gasteiger partial charge on any atom is 0.314 e. The Kier molecular flexibility index (Phi) is 4.59. The van der Waals surface area contributed by atoms with Gasteiger partial charge in [0.15, 0.2) is 0 Å². The summed E-state index contributed by atoms with van der Waals surface area (Å²) in [6, 6.07) is 0. The van der Waals surface area contributed by atoms with Crippen molar-refractivity contribution in [2.75, 3.05) is 6.61 Å². The van der Waals surface area contributed by atoms with Gasteiger partial charge in [-0.2, -0.15) is 0 Å². The quantitative estimate of drug-likeness (QED) is 0.754. The first-order valence-electron chi connectivity index (χ1n) is 6.74. The van der Waals surface area contributed by atoms with Gasteiger partial charge in [0.25, 0.3) is 0 Å². The molecule has 1 aliphatic carbocycles. The topological polar surface area (TPSA) is 46.5 Å². The lowest BCUT2D eigenvalue weighted by atomic mass is 9.85. The molecule has 0 aliphatic heterocycles. The highest BCUT2D eigenvalue weighted by Gasteiger charge is 2.44. The third-order valence-corrected chi connectivity index (χ3v) is 4.42. The molecule has 0 heterocycles. The van der Waals surface area contributed by atoms with E-state index in [0.29, 0.717) is 12.3 Å². The summed E-state index contributed by atoms with van der Waals surface area (Å²) in [5.41, 5.74) is -1.03. The fraction of sp³-hybridized carbons (Fsp3) is 0.929. The minimum atomic E-state index is -0.746. The Bertz CT molecular complexity index is 261. The normalized spacial score (nSPS) is 22.5. The van der Waals surface area contributed by atoms with Crippen LogP contribution in [0.25, 0.3) is 0 Å². The Hall–Kier alpha value is -0.570. The molecular weight excluding hydrogens is 216 g/mol. The number of hydrogen-bond acceptors (Lipinski definition) is 3. The summed E-state index contributed by atoms with van der Waals surface area (Å²) in [5, 5.41) is 9.35. The van der Waals surface area contributed by atoms with Crippen molar-refractivity contribution in [2.24, 2.45) is 11.3 Å². The Morgan fingerprint density at radius 2 is 1.94 bits per heavy atom. The largest absolute Gasteiger partial charge is 0.458 e. The van der Waals surface area contributed by atoms with E-state index in [0.717, 1.165) is 25.7 Å². The molecule has 0 saturated heterocycles. The third kappa shape index (κ3) is 2.82. The van der Waals surface area contributed by atoms with Crippen LogP contribution in [0.4, 0.5) is 0 Å². The van der Waals surface area contributed by atoms with E-state index in [-0.39, 0.29) is 18.2 Å². The van der Waals surface area contributed by atoms with Gasteiger partial charge >= 0.3 is 5.97 Å². The van der Waals surface area contributed by atoms with Gasteiger partial charge in [0.05, 0.1) is 12.0 Å². The van der Waals surface area contributed by atoms with Gasteiger partial charge < -0.3 is 9.84 Å². The number of carbonyl (C=O) groups is 1. The third-order valence-electron chi connectivity index (χ3n) is 4.42. The van der Waals surface area contributed by atoms with Crippen molar-refractivity contribution < 1.29 is 14.6 Å². The van der Waals surface area contributed by atoms with Crippen LogP contribution in [0.2, 0.25) is 0 Å². The highest BCUT2D eigenvalue weighted by Crippen LogP contribution is 2.41. The van der Waals surface area contributed by atoms with Crippen molar-refractivity contribution in [3.8, 4) is 0 Å². The molecule has 1 N–H and O–H groups in total. The molecule has 1 unspecified atom stereocenters. The van der Waals surface area contributed by atoms with E-state index in [9.17, 15) is 9.90 Å². The lowest BCUT2D eigenvalue weighted by molar-refractivity contribution is -0.178. The Morgan fingerprint density at radius 3 is 2.29 bits per heavy atom. The predicted molar refractivity (Wildman–Crippen MR) is 67.6 cm³/mol. The fourth-order valence-corrected chi connectivity index (χ4v) is 2.40. The molecular formula is C14H26O3. The number of aliphatic hydroxyl groups excluding tert-OH is 1. The summed E-state index contributed by atoms with van der Waals surface area (Å²) in [6.07, 6.45) is 4.79. The summed E-state index contributed by atoms with van der Waals surface area (Å²) in [5.74, 6) is 0.104. The highest BCUT2D eigenvalue weighted by molar-refractivity contribution is 5.77. The molecule has 1 rings (SSSR count). The van der Waals surface area contributed by atoms with Crippen LogP contribution in [-0.4, -0.2) is 23.3 Å². The van der Waals surface area contributed by atoms with Gasteiger partial charge in [-0.15, -0.1) is 0 Å². The lowest BCUT2D eigenvalue weighted by Crippen LogP contribution is -2.43. The maximum atomic E-state index is 12.2. The molecule has 3 heteroatoms. The Labute approximate surface area is 105 Å². The first-order valence-corrected chi connectivity index (χ1v) is 6.74. The zero-order chi connectivity index (χ0) is 13.1. The van der Waals surface area contributed by atoms with Gasteiger partial charge in [-0.3, -0.25) is 4.79 Å². The van der Waals surface area contributed by atoms with Crippen molar-refractivity contribution in [3.63, 3.8) is 0 Å². The molecule has 0 radical (unpaired) electrons. The van der Waals surface area contributed by atoms with Crippen LogP contribution in [0.3, 0.4) is 0 Å². The molecule has 0 aromatic heterocycles. The highest BCUT2D eigenvalue weighted by atomic mass is 16.6. The van der Waals surface area contributed by atoms with Crippen molar-refractivity contribution in [1.29, 1.82) is 0 Å². The van der Waals surface area contributed by atoms with Gasteiger partial charge in [0.2, 0.25) is 0 Å². The fourth-order valence-electron chi connectivity index (χ4n) is 2.40. The van der Waals surface area contributed by atoms with Crippen LogP contribution >= 0.6 is 0 Å². The zero-order valence-electron chi connectivity index (χ0n) is 11.6. The summed E-state index contributed by atoms with van der Waals surface area (Å²) >= 11 is 0. The molecule has 0 spiro atoms. The molecule has 0 bridgehead atoms. The van der Waals surface area contributed by atoms with E-state index in [1.807, 2.05) is 6.92 Å². The molecule has 0 aromatic carbocycles. The first-order chi connectivity index (χ1) is 7.90. The predicted octanol–water partition coefficient (Wildman–Crippen LogP) is 2.91. The minimum absolute atomic E-state index is 0.142. The SMILES string of the molecule is CCC(C)(CO)C(=O)OC1(C(C)C)CCCC1. The van der Waals surface area contributed by atoms with Crippen LogP contribution in [0.15, 0.2) is 0 Å². The summed E-state index contributed by atoms with van der Waals surface area (Å²) in [7, 11) is 0. The maximum absolute atomic E-state index is 12.2. The molecule has 100 valence electrons. The Balaban J connectivity index is 2.78. The number of carbonyl (C=O) groups excluding carboxylic acids is 1. The number of aliphatic hydroxyl groups is 1. The van der Waals surface area contributed by atoms with E-state index in [1.54, 1.807) is 6.92 Å². The minimum Gasteiger partial charge on any atom is -0.458 e. The van der Waals surface area contributed by atoms with Crippen LogP contribution < -0.4 is 0 Å². The van der Waals surface area contributed by atoms with Crippen molar-refractivity contribution in [2.45, 2.75) is 65.4 Å². The van der Waals surface area contributed by atoms with Crippen LogP contribution in [0, 0.1) is 11.3 Å². The molecule has 1 saturated carbocycles. The second-order valence-corrected chi connectivity index (χ2v) is 5.89. The van der Waals surface area contributed by atoms with Gasteiger partial charge in [-0.25, -0.2) is 0 Å². The number of ether oxygens (including phenoxy) is 1. The number of esters is 1. The number of rotatable bonds is 5. The van der Waals surface area contributed by atoms with Crippen molar-refractivity contribution in [3.05, 3.63) is 0 Å². The smallest absolute Gasteiger partial charge is 0.314 e. The first kappa shape index (κ1) is 14.5. The lowest BCUT2D eigenvalue weighted by Gasteiger charge is -2.36. The van der Waals surface area contributed by atoms with E-state index < -0.39 is 5.41 Å². The summed E-state index contributed by atoms with van der Waals surface area (Å²) in [6.45, 7) is 7.77. The second-order valence-electron chi connectivity index (χ2n) is 5.89. The molecule has 3 nitrogen and oxygen atoms in total. The van der Waals surface area contributed by atoms with Crippen LogP contribution in [0.1, 0.15) is 59.8 Å². The van der Waals surface area contributed by atoms with Gasteiger partial charge in [0, 0.05) is 0 Å². The van der Waals surface area contributed by atoms with Gasteiger partial charge in [-0.05, 0) is 44.9 Å². The van der Waals surface area contributed by atoms with Crippen LogP contribution in [-0.2, 0) is 9.53 Å². The average Bonchev–Trinajstić information content (AvgIpc) is 2.77. The zero-order valence-corrected chi connectivity index (χ0v) is 11.6. The molecule has 0 amide bonds. The molecule has 1 atom stereocenters. The number of hydrogen-bond donors (Lipinski definition) is 1. The molecule has 17 heavy (non-hydrogen) atoms. The van der Waals surface area contributed by atoms with Gasteiger partial charge in [0.1, 0.15) is 5.60 Å². The van der Waals surface area contributed by atoms with E-state index in [1.165, 1.54) is 0 Å². The molecule has 1 aliphatic rings. The van der Waals surface area contributed by atoms with Crippen molar-refractivity contribution >= 4 is 5.97 Å². The van der Waals surface area contributed by atoms with Crippen molar-refractivity contribution in [1.82, 2.24) is 0 Å². The molecule has 0 aromatic rings. The monoisotopic (exact) mass is 242 g/mol. The summed E-state index contributed by atoms with van der Waals surface area (Å²) < 4.78 is 5.81. The summed E-state index contributed by atoms with van der Waals surface area (Å²) in [4.78, 5) is 12.2. The average molecular weight is 242 g/mol. The van der Waals surface area contributed by atoms with Gasteiger partial charge in [-0.1, -0.05) is 20.8 Å². The van der Waals surface area contributed by atoms with E-state index in [4.69, 9.17) is 4.74 Å². The van der Waals surface area contributed by atoms with Crippen LogP contribution in [0.5, 0.6) is 0 Å². The molecule has 1 fully saturated rings. The Morgan fingerprint density at radius 1 is 1.41 bits per heavy atom.